The Morgan fingerprint density at radius 1 is 1.25 bits per heavy atom. The lowest BCUT2D eigenvalue weighted by Crippen LogP contribution is -2.48. The molecule has 4 heterocycles. The molecule has 0 aliphatic carbocycles. The van der Waals surface area contributed by atoms with Gasteiger partial charge in [0.15, 0.2) is 0 Å². The number of hydrogen-bond acceptors (Lipinski definition) is 6. The molecule has 2 N–H and O–H groups in total. The van der Waals surface area contributed by atoms with Gasteiger partial charge in [-0.3, -0.25) is 9.48 Å². The molecular formula is C24H26N4O4. The molecule has 2 aromatic heterocycles. The highest BCUT2D eigenvalue weighted by atomic mass is 16.5. The average molecular weight is 434 g/mol. The number of amides is 1. The number of aliphatic hydroxyl groups excluding tert-OH is 1. The second kappa shape index (κ2) is 8.72. The van der Waals surface area contributed by atoms with Gasteiger partial charge in [0, 0.05) is 43.8 Å². The van der Waals surface area contributed by atoms with Crippen molar-refractivity contribution in [3.63, 3.8) is 0 Å². The van der Waals surface area contributed by atoms with E-state index in [1.807, 2.05) is 19.3 Å². The van der Waals surface area contributed by atoms with Crippen molar-refractivity contribution in [1.29, 1.82) is 0 Å². The molecule has 5 rings (SSSR count). The number of ether oxygens (including phenoxy) is 2. The van der Waals surface area contributed by atoms with Gasteiger partial charge in [-0.25, -0.2) is 4.98 Å². The quantitative estimate of drug-likeness (QED) is 0.636. The number of nitrogens with zero attached hydrogens (tertiary/aromatic N) is 3. The fraction of sp³-hybridized carbons (Fsp3) is 0.375. The molecule has 1 saturated heterocycles. The van der Waals surface area contributed by atoms with Crippen LogP contribution in [0, 0.1) is 0 Å². The second-order valence-electron chi connectivity index (χ2n) is 8.30. The molecule has 0 bridgehead atoms. The van der Waals surface area contributed by atoms with Crippen molar-refractivity contribution in [1.82, 2.24) is 20.1 Å². The number of carbonyl (C=O) groups excluding carboxylic acids is 1. The summed E-state index contributed by atoms with van der Waals surface area (Å²) < 4.78 is 12.9. The van der Waals surface area contributed by atoms with E-state index in [0.717, 1.165) is 33.8 Å². The molecule has 32 heavy (non-hydrogen) atoms. The van der Waals surface area contributed by atoms with E-state index in [9.17, 15) is 9.90 Å². The lowest BCUT2D eigenvalue weighted by Gasteiger charge is -2.28. The maximum atomic E-state index is 12.9. The van der Waals surface area contributed by atoms with Crippen molar-refractivity contribution in [2.75, 3.05) is 19.8 Å². The highest BCUT2D eigenvalue weighted by Crippen LogP contribution is 2.31. The standard InChI is InChI=1S/C24H26N4O4/c1-28-9-6-18(27-28)16-4-2-15(3-5-16)12-17-13-21(25-20-8-11-32-23(17)20)24(30)26-19-7-10-31-14-22(19)29/h2-6,9,13,19,22,29H,7-8,10-12,14H2,1H3,(H,26,30)/t19-,22-/m0/s1. The Bertz CT molecular complexity index is 1130. The van der Waals surface area contributed by atoms with Crippen molar-refractivity contribution < 1.29 is 19.4 Å². The second-order valence-corrected chi connectivity index (χ2v) is 8.30. The normalized spacial score (nSPS) is 19.9. The summed E-state index contributed by atoms with van der Waals surface area (Å²) in [4.78, 5) is 17.4. The average Bonchev–Trinajstić information content (AvgIpc) is 3.45. The lowest BCUT2D eigenvalue weighted by molar-refractivity contribution is -0.0261. The van der Waals surface area contributed by atoms with Crippen LogP contribution in [0.15, 0.2) is 42.6 Å². The zero-order valence-electron chi connectivity index (χ0n) is 18.0. The molecule has 0 radical (unpaired) electrons. The van der Waals surface area contributed by atoms with Crippen molar-refractivity contribution in [2.24, 2.45) is 7.05 Å². The Labute approximate surface area is 186 Å². The molecule has 2 atom stereocenters. The summed E-state index contributed by atoms with van der Waals surface area (Å²) in [6.45, 7) is 1.32. The van der Waals surface area contributed by atoms with E-state index in [1.54, 1.807) is 10.7 Å². The molecule has 0 unspecified atom stereocenters. The van der Waals surface area contributed by atoms with Crippen LogP contribution in [0.4, 0.5) is 0 Å². The van der Waals surface area contributed by atoms with E-state index in [2.05, 4.69) is 39.7 Å². The van der Waals surface area contributed by atoms with Crippen LogP contribution in [-0.2, 0) is 24.6 Å². The first-order valence-electron chi connectivity index (χ1n) is 10.9. The Hall–Kier alpha value is -3.23. The van der Waals surface area contributed by atoms with E-state index >= 15 is 0 Å². The molecule has 166 valence electrons. The number of hydrogen-bond donors (Lipinski definition) is 2. The third-order valence-corrected chi connectivity index (χ3v) is 5.94. The minimum Gasteiger partial charge on any atom is -0.491 e. The van der Waals surface area contributed by atoms with Gasteiger partial charge in [-0.15, -0.1) is 0 Å². The van der Waals surface area contributed by atoms with E-state index in [4.69, 9.17) is 9.47 Å². The number of carbonyl (C=O) groups is 1. The number of aliphatic hydroxyl groups is 1. The molecule has 2 aliphatic heterocycles. The van der Waals surface area contributed by atoms with E-state index in [1.165, 1.54) is 0 Å². The number of aryl methyl sites for hydroxylation is 1. The van der Waals surface area contributed by atoms with Crippen LogP contribution in [0.5, 0.6) is 5.75 Å². The lowest BCUT2D eigenvalue weighted by atomic mass is 10.0. The molecule has 1 aromatic carbocycles. The number of aromatic nitrogens is 3. The SMILES string of the molecule is Cn1ccc(-c2ccc(Cc3cc(C(=O)N[C@H]4CCOC[C@@H]4O)nc4c3OCC4)cc2)n1. The van der Waals surface area contributed by atoms with Crippen molar-refractivity contribution in [3.8, 4) is 17.0 Å². The highest BCUT2D eigenvalue weighted by molar-refractivity contribution is 5.93. The molecular weight excluding hydrogens is 408 g/mol. The smallest absolute Gasteiger partial charge is 0.270 e. The van der Waals surface area contributed by atoms with Gasteiger partial charge in [0.25, 0.3) is 5.91 Å². The molecule has 0 spiro atoms. The van der Waals surface area contributed by atoms with Crippen LogP contribution in [-0.4, -0.2) is 57.7 Å². The molecule has 8 nitrogen and oxygen atoms in total. The van der Waals surface area contributed by atoms with E-state index < -0.39 is 6.10 Å². The van der Waals surface area contributed by atoms with Crippen LogP contribution in [0.25, 0.3) is 11.3 Å². The van der Waals surface area contributed by atoms with Gasteiger partial charge in [-0.05, 0) is 24.1 Å². The van der Waals surface area contributed by atoms with Gasteiger partial charge < -0.3 is 19.9 Å². The van der Waals surface area contributed by atoms with Crippen molar-refractivity contribution >= 4 is 5.91 Å². The Morgan fingerprint density at radius 2 is 2.09 bits per heavy atom. The Balaban J connectivity index is 1.36. The summed E-state index contributed by atoms with van der Waals surface area (Å²) in [6.07, 6.45) is 3.11. The van der Waals surface area contributed by atoms with Gasteiger partial charge in [-0.2, -0.15) is 5.10 Å². The third-order valence-electron chi connectivity index (χ3n) is 5.94. The third kappa shape index (κ3) is 4.24. The fourth-order valence-electron chi connectivity index (χ4n) is 4.20. The van der Waals surface area contributed by atoms with Crippen LogP contribution < -0.4 is 10.1 Å². The molecule has 2 aliphatic rings. The van der Waals surface area contributed by atoms with Crippen LogP contribution in [0.3, 0.4) is 0 Å². The maximum absolute atomic E-state index is 12.9. The largest absolute Gasteiger partial charge is 0.491 e. The predicted molar refractivity (Wildman–Crippen MR) is 118 cm³/mol. The minimum absolute atomic E-state index is 0.232. The minimum atomic E-state index is -0.706. The molecule has 1 fully saturated rings. The molecule has 1 amide bonds. The number of fused-ring (bicyclic) bond motifs is 1. The van der Waals surface area contributed by atoms with E-state index in [-0.39, 0.29) is 18.6 Å². The molecule has 0 saturated carbocycles. The fourth-order valence-corrected chi connectivity index (χ4v) is 4.20. The summed E-state index contributed by atoms with van der Waals surface area (Å²) in [5, 5.41) is 17.4. The zero-order valence-corrected chi connectivity index (χ0v) is 18.0. The van der Waals surface area contributed by atoms with Gasteiger partial charge in [0.1, 0.15) is 11.4 Å². The number of rotatable bonds is 5. The van der Waals surface area contributed by atoms with Gasteiger partial charge in [-0.1, -0.05) is 24.3 Å². The van der Waals surface area contributed by atoms with Crippen LogP contribution in [0.2, 0.25) is 0 Å². The summed E-state index contributed by atoms with van der Waals surface area (Å²) in [5.41, 5.74) is 5.20. The maximum Gasteiger partial charge on any atom is 0.270 e. The Kier molecular flexibility index (Phi) is 5.63. The number of pyridine rings is 1. The van der Waals surface area contributed by atoms with Gasteiger partial charge >= 0.3 is 0 Å². The first-order valence-corrected chi connectivity index (χ1v) is 10.9. The first kappa shape index (κ1) is 20.7. The van der Waals surface area contributed by atoms with Gasteiger partial charge in [0.2, 0.25) is 0 Å². The zero-order chi connectivity index (χ0) is 22.1. The van der Waals surface area contributed by atoms with Crippen LogP contribution in [0.1, 0.15) is 33.7 Å². The molecule has 3 aromatic rings. The highest BCUT2D eigenvalue weighted by Gasteiger charge is 2.27. The summed E-state index contributed by atoms with van der Waals surface area (Å²) in [6, 6.07) is 11.7. The number of nitrogens with one attached hydrogen (secondary N) is 1. The number of benzene rings is 1. The monoisotopic (exact) mass is 434 g/mol. The van der Waals surface area contributed by atoms with Crippen molar-refractivity contribution in [3.05, 3.63) is 65.1 Å². The molecule has 8 heteroatoms. The topological polar surface area (TPSA) is 98.5 Å². The van der Waals surface area contributed by atoms with E-state index in [0.29, 0.717) is 38.2 Å². The summed E-state index contributed by atoms with van der Waals surface area (Å²) >= 11 is 0. The summed E-state index contributed by atoms with van der Waals surface area (Å²) in [5.74, 6) is 0.499. The first-order chi connectivity index (χ1) is 15.6. The van der Waals surface area contributed by atoms with Crippen molar-refractivity contribution in [2.45, 2.75) is 31.4 Å². The van der Waals surface area contributed by atoms with Crippen LogP contribution >= 0.6 is 0 Å². The summed E-state index contributed by atoms with van der Waals surface area (Å²) in [7, 11) is 1.90. The predicted octanol–water partition coefficient (Wildman–Crippen LogP) is 1.89. The Morgan fingerprint density at radius 3 is 2.84 bits per heavy atom. The van der Waals surface area contributed by atoms with Gasteiger partial charge in [0.05, 0.1) is 36.7 Å².